The SMILES string of the molecule is Cc1ccc(/C=C/C(=O)OCC(=O)C=C2N(C)c3ccccc3C2(C)C)cc1. The molecule has 1 heterocycles. The van der Waals surface area contributed by atoms with E-state index in [1.807, 2.05) is 61.3 Å². The van der Waals surface area contributed by atoms with Crippen molar-refractivity contribution in [2.24, 2.45) is 0 Å². The van der Waals surface area contributed by atoms with Crippen LogP contribution in [0.15, 0.2) is 66.4 Å². The Morgan fingerprint density at radius 3 is 2.43 bits per heavy atom. The Bertz CT molecular complexity index is 952. The van der Waals surface area contributed by atoms with E-state index in [0.29, 0.717) is 0 Å². The molecule has 0 unspecified atom stereocenters. The number of hydrogen-bond acceptors (Lipinski definition) is 4. The zero-order valence-electron chi connectivity index (χ0n) is 16.7. The molecule has 0 N–H and O–H groups in total. The van der Waals surface area contributed by atoms with Crippen LogP contribution < -0.4 is 4.90 Å². The van der Waals surface area contributed by atoms with Crippen LogP contribution in [-0.4, -0.2) is 25.4 Å². The fourth-order valence-corrected chi connectivity index (χ4v) is 3.49. The van der Waals surface area contributed by atoms with Gasteiger partial charge in [0, 0.05) is 36.0 Å². The largest absolute Gasteiger partial charge is 0.454 e. The second-order valence-corrected chi connectivity index (χ2v) is 7.55. The number of anilines is 1. The number of hydrogen-bond donors (Lipinski definition) is 0. The molecule has 2 aromatic carbocycles. The first-order valence-electron chi connectivity index (χ1n) is 9.29. The number of carbonyl (C=O) groups excluding carboxylic acids is 2. The third kappa shape index (κ3) is 4.06. The van der Waals surface area contributed by atoms with E-state index in [2.05, 4.69) is 19.9 Å². The lowest BCUT2D eigenvalue weighted by Gasteiger charge is -2.23. The van der Waals surface area contributed by atoms with Crippen molar-refractivity contribution in [3.05, 3.63) is 83.1 Å². The zero-order chi connectivity index (χ0) is 20.3. The number of ketones is 1. The van der Waals surface area contributed by atoms with Gasteiger partial charge in [-0.1, -0.05) is 61.9 Å². The van der Waals surface area contributed by atoms with E-state index in [-0.39, 0.29) is 17.8 Å². The Balaban J connectivity index is 1.62. The standard InChI is InChI=1S/C24H25NO3/c1-17-9-11-18(12-10-17)13-14-23(27)28-16-19(26)15-22-24(2,3)20-7-5-6-8-21(20)25(22)4/h5-15H,16H2,1-4H3/b14-13+,22-15?. The van der Waals surface area contributed by atoms with Crippen LogP contribution in [0.2, 0.25) is 0 Å². The van der Waals surface area contributed by atoms with Gasteiger partial charge in [-0.15, -0.1) is 0 Å². The summed E-state index contributed by atoms with van der Waals surface area (Å²) >= 11 is 0. The number of likely N-dealkylation sites (N-methyl/N-ethyl adjacent to an activating group) is 1. The minimum absolute atomic E-state index is 0.236. The Morgan fingerprint density at radius 1 is 1.07 bits per heavy atom. The normalized spacial score (nSPS) is 16.4. The van der Waals surface area contributed by atoms with E-state index in [9.17, 15) is 9.59 Å². The van der Waals surface area contributed by atoms with Crippen molar-refractivity contribution in [1.29, 1.82) is 0 Å². The van der Waals surface area contributed by atoms with E-state index >= 15 is 0 Å². The highest BCUT2D eigenvalue weighted by Crippen LogP contribution is 2.46. The van der Waals surface area contributed by atoms with E-state index < -0.39 is 5.97 Å². The molecule has 0 fully saturated rings. The molecule has 1 aliphatic rings. The minimum Gasteiger partial charge on any atom is -0.454 e. The first-order chi connectivity index (χ1) is 13.3. The Labute approximate surface area is 166 Å². The molecular formula is C24H25NO3. The lowest BCUT2D eigenvalue weighted by molar-refractivity contribution is -0.141. The highest BCUT2D eigenvalue weighted by molar-refractivity contribution is 5.96. The fourth-order valence-electron chi connectivity index (χ4n) is 3.49. The second-order valence-electron chi connectivity index (χ2n) is 7.55. The second kappa shape index (κ2) is 7.85. The maximum atomic E-state index is 12.4. The summed E-state index contributed by atoms with van der Waals surface area (Å²) in [5, 5.41) is 0. The van der Waals surface area contributed by atoms with Crippen LogP contribution in [0.25, 0.3) is 6.08 Å². The lowest BCUT2D eigenvalue weighted by Crippen LogP contribution is -2.25. The molecule has 4 nitrogen and oxygen atoms in total. The molecule has 0 radical (unpaired) electrons. The number of esters is 1. The van der Waals surface area contributed by atoms with Gasteiger partial charge >= 0.3 is 5.97 Å². The molecule has 0 saturated carbocycles. The van der Waals surface area contributed by atoms with Crippen molar-refractivity contribution in [3.8, 4) is 0 Å². The molecule has 0 bridgehead atoms. The molecule has 0 spiro atoms. The van der Waals surface area contributed by atoms with Crippen LogP contribution in [0, 0.1) is 6.92 Å². The molecule has 4 heteroatoms. The van der Waals surface area contributed by atoms with Gasteiger partial charge in [0.05, 0.1) is 0 Å². The summed E-state index contributed by atoms with van der Waals surface area (Å²) in [5.41, 5.74) is 4.93. The fraction of sp³-hybridized carbons (Fsp3) is 0.250. The number of fused-ring (bicyclic) bond motifs is 1. The number of ether oxygens (including phenoxy) is 1. The first-order valence-corrected chi connectivity index (χ1v) is 9.29. The molecule has 28 heavy (non-hydrogen) atoms. The summed E-state index contributed by atoms with van der Waals surface area (Å²) in [5.74, 6) is -0.769. The number of para-hydroxylation sites is 1. The van der Waals surface area contributed by atoms with Gasteiger partial charge in [-0.25, -0.2) is 4.79 Å². The number of benzene rings is 2. The molecule has 0 aliphatic carbocycles. The van der Waals surface area contributed by atoms with Gasteiger partial charge in [0.2, 0.25) is 0 Å². The summed E-state index contributed by atoms with van der Waals surface area (Å²) in [6.45, 7) is 5.90. The maximum Gasteiger partial charge on any atom is 0.331 e. The van der Waals surface area contributed by atoms with Gasteiger partial charge in [0.25, 0.3) is 0 Å². The van der Waals surface area contributed by atoms with Crippen molar-refractivity contribution in [2.75, 3.05) is 18.6 Å². The highest BCUT2D eigenvalue weighted by Gasteiger charge is 2.38. The minimum atomic E-state index is -0.533. The van der Waals surface area contributed by atoms with E-state index in [4.69, 9.17) is 4.74 Å². The Hall–Kier alpha value is -3.14. The van der Waals surface area contributed by atoms with Crippen molar-refractivity contribution < 1.29 is 14.3 Å². The number of aryl methyl sites for hydroxylation is 1. The summed E-state index contributed by atoms with van der Waals surface area (Å²) in [7, 11) is 1.95. The lowest BCUT2D eigenvalue weighted by atomic mass is 9.83. The van der Waals surface area contributed by atoms with Crippen molar-refractivity contribution in [2.45, 2.75) is 26.2 Å². The van der Waals surface area contributed by atoms with Gasteiger partial charge < -0.3 is 9.64 Å². The van der Waals surface area contributed by atoms with Crippen molar-refractivity contribution in [1.82, 2.24) is 0 Å². The quantitative estimate of drug-likeness (QED) is 0.573. The van der Waals surface area contributed by atoms with Crippen LogP contribution in [0.5, 0.6) is 0 Å². The van der Waals surface area contributed by atoms with Gasteiger partial charge in [-0.2, -0.15) is 0 Å². The molecule has 0 aromatic heterocycles. The van der Waals surface area contributed by atoms with Crippen LogP contribution in [0.1, 0.15) is 30.5 Å². The molecule has 0 amide bonds. The predicted molar refractivity (Wildman–Crippen MR) is 112 cm³/mol. The van der Waals surface area contributed by atoms with E-state index in [1.165, 1.54) is 11.6 Å². The van der Waals surface area contributed by atoms with Gasteiger partial charge in [-0.05, 0) is 30.2 Å². The molecule has 1 aliphatic heterocycles. The van der Waals surface area contributed by atoms with Crippen LogP contribution in [-0.2, 0) is 19.7 Å². The number of carbonyl (C=O) groups is 2. The molecule has 0 atom stereocenters. The summed E-state index contributed by atoms with van der Waals surface area (Å²) in [6.07, 6.45) is 4.60. The monoisotopic (exact) mass is 375 g/mol. The van der Waals surface area contributed by atoms with Crippen LogP contribution in [0.4, 0.5) is 5.69 Å². The van der Waals surface area contributed by atoms with Gasteiger partial charge in [0.1, 0.15) is 0 Å². The number of rotatable bonds is 5. The van der Waals surface area contributed by atoms with Gasteiger partial charge in [0.15, 0.2) is 12.4 Å². The Morgan fingerprint density at radius 2 is 1.75 bits per heavy atom. The smallest absolute Gasteiger partial charge is 0.331 e. The average Bonchev–Trinajstić information content (AvgIpc) is 2.87. The third-order valence-corrected chi connectivity index (χ3v) is 5.08. The summed E-state index contributed by atoms with van der Waals surface area (Å²) < 4.78 is 5.10. The summed E-state index contributed by atoms with van der Waals surface area (Å²) in [6, 6.07) is 15.9. The predicted octanol–water partition coefficient (Wildman–Crippen LogP) is 4.43. The average molecular weight is 375 g/mol. The molecule has 3 rings (SSSR count). The number of nitrogens with zero attached hydrogens (tertiary/aromatic N) is 1. The van der Waals surface area contributed by atoms with Crippen LogP contribution >= 0.6 is 0 Å². The van der Waals surface area contributed by atoms with Crippen molar-refractivity contribution >= 4 is 23.5 Å². The zero-order valence-corrected chi connectivity index (χ0v) is 16.7. The molecular weight excluding hydrogens is 350 g/mol. The van der Waals surface area contributed by atoms with E-state index in [0.717, 1.165) is 22.5 Å². The van der Waals surface area contributed by atoms with E-state index in [1.54, 1.807) is 12.2 Å². The molecule has 0 saturated heterocycles. The molecule has 144 valence electrons. The first kappa shape index (κ1) is 19.6. The van der Waals surface area contributed by atoms with Crippen molar-refractivity contribution in [3.63, 3.8) is 0 Å². The topological polar surface area (TPSA) is 46.6 Å². The number of allylic oxidation sites excluding steroid dienone is 1. The summed E-state index contributed by atoms with van der Waals surface area (Å²) in [4.78, 5) is 26.3. The van der Waals surface area contributed by atoms with Crippen LogP contribution in [0.3, 0.4) is 0 Å². The third-order valence-electron chi connectivity index (χ3n) is 5.08. The van der Waals surface area contributed by atoms with Gasteiger partial charge in [-0.3, -0.25) is 4.79 Å². The highest BCUT2D eigenvalue weighted by atomic mass is 16.5. The Kier molecular flexibility index (Phi) is 5.50. The molecule has 2 aromatic rings. The maximum absolute atomic E-state index is 12.4.